The molecular formula is C21H26N4O2. The minimum atomic E-state index is -0.0544. The summed E-state index contributed by atoms with van der Waals surface area (Å²) in [5, 5.41) is 2.88. The highest BCUT2D eigenvalue weighted by Gasteiger charge is 2.27. The molecule has 1 aromatic heterocycles. The van der Waals surface area contributed by atoms with Crippen molar-refractivity contribution < 1.29 is 9.59 Å². The molecule has 1 aliphatic rings. The first-order chi connectivity index (χ1) is 13.0. The molecule has 0 bridgehead atoms. The Hall–Kier alpha value is -2.76. The van der Waals surface area contributed by atoms with Gasteiger partial charge in [0.25, 0.3) is 5.91 Å². The number of nitrogens with zero attached hydrogens (tertiary/aromatic N) is 3. The van der Waals surface area contributed by atoms with E-state index in [-0.39, 0.29) is 17.9 Å². The van der Waals surface area contributed by atoms with Crippen molar-refractivity contribution >= 4 is 11.8 Å². The van der Waals surface area contributed by atoms with Crippen LogP contribution >= 0.6 is 0 Å². The summed E-state index contributed by atoms with van der Waals surface area (Å²) in [5.41, 5.74) is 3.56. The molecule has 1 saturated heterocycles. The summed E-state index contributed by atoms with van der Waals surface area (Å²) in [6.07, 6.45) is 2.76. The van der Waals surface area contributed by atoms with Gasteiger partial charge in [0.05, 0.1) is 5.69 Å². The molecule has 6 heteroatoms. The number of likely N-dealkylation sites (tertiary alicyclic amines) is 1. The Kier molecular flexibility index (Phi) is 5.84. The Morgan fingerprint density at radius 3 is 2.63 bits per heavy atom. The fourth-order valence-electron chi connectivity index (χ4n) is 3.48. The Morgan fingerprint density at radius 2 is 1.96 bits per heavy atom. The van der Waals surface area contributed by atoms with E-state index < -0.39 is 0 Å². The zero-order valence-corrected chi connectivity index (χ0v) is 16.2. The van der Waals surface area contributed by atoms with E-state index in [1.165, 1.54) is 6.92 Å². The molecule has 2 amide bonds. The maximum absolute atomic E-state index is 12.7. The smallest absolute Gasteiger partial charge is 0.253 e. The van der Waals surface area contributed by atoms with Crippen molar-refractivity contribution in [2.45, 2.75) is 46.1 Å². The number of aromatic nitrogens is 2. The average molecular weight is 366 g/mol. The maximum Gasteiger partial charge on any atom is 0.253 e. The Bertz CT molecular complexity index is 833. The fraction of sp³-hybridized carbons (Fsp3) is 0.429. The molecule has 1 aromatic carbocycles. The number of benzene rings is 1. The van der Waals surface area contributed by atoms with Crippen LogP contribution in [0.1, 0.15) is 48.6 Å². The predicted molar refractivity (Wildman–Crippen MR) is 104 cm³/mol. The first kappa shape index (κ1) is 19.0. The summed E-state index contributed by atoms with van der Waals surface area (Å²) < 4.78 is 0. The number of amides is 2. The molecule has 0 radical (unpaired) electrons. The van der Waals surface area contributed by atoms with Crippen molar-refractivity contribution in [1.82, 2.24) is 20.2 Å². The summed E-state index contributed by atoms with van der Waals surface area (Å²) in [7, 11) is 0. The third-order valence-corrected chi connectivity index (χ3v) is 4.71. The van der Waals surface area contributed by atoms with Crippen molar-refractivity contribution in [3.8, 4) is 11.3 Å². The van der Waals surface area contributed by atoms with E-state index in [1.54, 1.807) is 4.90 Å². The summed E-state index contributed by atoms with van der Waals surface area (Å²) in [4.78, 5) is 34.7. The van der Waals surface area contributed by atoms with Gasteiger partial charge in [-0.1, -0.05) is 25.5 Å². The molecule has 2 aromatic rings. The van der Waals surface area contributed by atoms with Crippen LogP contribution in [0.4, 0.5) is 0 Å². The number of hydrogen-bond donors (Lipinski definition) is 1. The number of aryl methyl sites for hydroxylation is 2. The van der Waals surface area contributed by atoms with Crippen LogP contribution in [-0.4, -0.2) is 45.8 Å². The second-order valence-electron chi connectivity index (χ2n) is 7.06. The van der Waals surface area contributed by atoms with Gasteiger partial charge in [0.1, 0.15) is 5.82 Å². The highest BCUT2D eigenvalue weighted by atomic mass is 16.2. The van der Waals surface area contributed by atoms with Crippen LogP contribution in [0.25, 0.3) is 11.3 Å². The predicted octanol–water partition coefficient (Wildman–Crippen LogP) is 2.76. The molecule has 6 nitrogen and oxygen atoms in total. The van der Waals surface area contributed by atoms with Crippen molar-refractivity contribution in [1.29, 1.82) is 0 Å². The molecule has 0 spiro atoms. The highest BCUT2D eigenvalue weighted by Crippen LogP contribution is 2.21. The van der Waals surface area contributed by atoms with Crippen LogP contribution in [0.2, 0.25) is 0 Å². The molecule has 2 heterocycles. The first-order valence-electron chi connectivity index (χ1n) is 9.47. The number of carbonyl (C=O) groups excluding carboxylic acids is 2. The maximum atomic E-state index is 12.7. The lowest BCUT2D eigenvalue weighted by Crippen LogP contribution is -2.37. The van der Waals surface area contributed by atoms with Crippen LogP contribution < -0.4 is 5.32 Å². The fourth-order valence-corrected chi connectivity index (χ4v) is 3.48. The molecule has 0 saturated carbocycles. The van der Waals surface area contributed by atoms with Crippen LogP contribution in [0.5, 0.6) is 0 Å². The van der Waals surface area contributed by atoms with Gasteiger partial charge >= 0.3 is 0 Å². The topological polar surface area (TPSA) is 75.2 Å². The largest absolute Gasteiger partial charge is 0.352 e. The van der Waals surface area contributed by atoms with Crippen molar-refractivity contribution in [3.05, 3.63) is 47.4 Å². The van der Waals surface area contributed by atoms with Crippen molar-refractivity contribution in [3.63, 3.8) is 0 Å². The van der Waals surface area contributed by atoms with Gasteiger partial charge in [0.15, 0.2) is 0 Å². The molecule has 0 unspecified atom stereocenters. The summed E-state index contributed by atoms with van der Waals surface area (Å²) in [5.74, 6) is 0.707. The quantitative estimate of drug-likeness (QED) is 0.883. The van der Waals surface area contributed by atoms with Crippen LogP contribution in [0.15, 0.2) is 30.3 Å². The number of carbonyl (C=O) groups is 2. The molecule has 1 atom stereocenters. The average Bonchev–Trinajstić information content (AvgIpc) is 3.09. The summed E-state index contributed by atoms with van der Waals surface area (Å²) in [6.45, 7) is 6.76. The van der Waals surface area contributed by atoms with E-state index >= 15 is 0 Å². The number of nitrogens with one attached hydrogen (secondary N) is 1. The minimum Gasteiger partial charge on any atom is -0.352 e. The second kappa shape index (κ2) is 8.29. The van der Waals surface area contributed by atoms with Gasteiger partial charge in [-0.05, 0) is 38.0 Å². The lowest BCUT2D eigenvalue weighted by atomic mass is 10.1. The van der Waals surface area contributed by atoms with Gasteiger partial charge < -0.3 is 10.2 Å². The van der Waals surface area contributed by atoms with E-state index in [0.717, 1.165) is 42.0 Å². The molecule has 27 heavy (non-hydrogen) atoms. The van der Waals surface area contributed by atoms with Gasteiger partial charge in [-0.25, -0.2) is 9.97 Å². The van der Waals surface area contributed by atoms with Gasteiger partial charge in [-0.15, -0.1) is 0 Å². The Labute approximate surface area is 160 Å². The third kappa shape index (κ3) is 4.70. The molecule has 1 N–H and O–H groups in total. The van der Waals surface area contributed by atoms with Crippen molar-refractivity contribution in [2.24, 2.45) is 0 Å². The highest BCUT2D eigenvalue weighted by molar-refractivity contribution is 5.95. The zero-order chi connectivity index (χ0) is 19.4. The Balaban J connectivity index is 1.72. The van der Waals surface area contributed by atoms with Crippen LogP contribution in [0, 0.1) is 6.92 Å². The standard InChI is InChI=1S/C21H26N4O2/c1-4-5-18-12-20(23-14(2)22-18)16-6-8-17(9-7-16)21(27)25-11-10-19(13-25)24-15(3)26/h6-9,12,19H,4-5,10-11,13H2,1-3H3,(H,24,26)/t19-/m0/s1. The van der Waals surface area contributed by atoms with Gasteiger partial charge in [0, 0.05) is 42.9 Å². The van der Waals surface area contributed by atoms with Gasteiger partial charge in [0.2, 0.25) is 5.91 Å². The van der Waals surface area contributed by atoms with E-state index in [2.05, 4.69) is 22.2 Å². The Morgan fingerprint density at radius 1 is 1.22 bits per heavy atom. The minimum absolute atomic E-state index is 0.0000536. The lowest BCUT2D eigenvalue weighted by molar-refractivity contribution is -0.119. The monoisotopic (exact) mass is 366 g/mol. The van der Waals surface area contributed by atoms with Gasteiger partial charge in [-0.3, -0.25) is 9.59 Å². The first-order valence-corrected chi connectivity index (χ1v) is 9.47. The summed E-state index contributed by atoms with van der Waals surface area (Å²) >= 11 is 0. The van der Waals surface area contributed by atoms with E-state index in [4.69, 9.17) is 0 Å². The third-order valence-electron chi connectivity index (χ3n) is 4.71. The molecular weight excluding hydrogens is 340 g/mol. The normalized spacial score (nSPS) is 16.4. The van der Waals surface area contributed by atoms with Crippen LogP contribution in [0.3, 0.4) is 0 Å². The van der Waals surface area contributed by atoms with Gasteiger partial charge in [-0.2, -0.15) is 0 Å². The van der Waals surface area contributed by atoms with Crippen molar-refractivity contribution in [2.75, 3.05) is 13.1 Å². The molecule has 1 fully saturated rings. The SMILES string of the molecule is CCCc1cc(-c2ccc(C(=O)N3CC[C@H](NC(C)=O)C3)cc2)nc(C)n1. The lowest BCUT2D eigenvalue weighted by Gasteiger charge is -2.17. The van der Waals surface area contributed by atoms with E-state index in [9.17, 15) is 9.59 Å². The second-order valence-corrected chi connectivity index (χ2v) is 7.06. The molecule has 142 valence electrons. The number of rotatable bonds is 5. The molecule has 0 aliphatic carbocycles. The van der Waals surface area contributed by atoms with E-state index in [0.29, 0.717) is 18.7 Å². The molecule has 1 aliphatic heterocycles. The number of hydrogen-bond acceptors (Lipinski definition) is 4. The van der Waals surface area contributed by atoms with Crippen LogP contribution in [-0.2, 0) is 11.2 Å². The molecule has 3 rings (SSSR count). The summed E-state index contributed by atoms with van der Waals surface area (Å²) in [6, 6.07) is 9.64. The zero-order valence-electron chi connectivity index (χ0n) is 16.2. The van der Waals surface area contributed by atoms with E-state index in [1.807, 2.05) is 37.3 Å².